The van der Waals surface area contributed by atoms with Crippen molar-refractivity contribution >= 4 is 28.8 Å². The van der Waals surface area contributed by atoms with E-state index in [4.69, 9.17) is 22.1 Å². The lowest BCUT2D eigenvalue weighted by Gasteiger charge is -2.10. The number of hydrogen-bond acceptors (Lipinski definition) is 7. The Hall–Kier alpha value is -3.99. The van der Waals surface area contributed by atoms with Gasteiger partial charge in [0.05, 0.1) is 5.56 Å². The fraction of sp³-hybridized carbons (Fsp3) is 0.0556. The molecule has 2 aromatic rings. The lowest BCUT2D eigenvalue weighted by molar-refractivity contribution is -0.108. The molecule has 1 aromatic heterocycles. The van der Waals surface area contributed by atoms with Gasteiger partial charge in [-0.15, -0.1) is 0 Å². The first-order chi connectivity index (χ1) is 12.4. The molecule has 1 aromatic carbocycles. The number of benzene rings is 1. The van der Waals surface area contributed by atoms with Crippen LogP contribution in [0.5, 0.6) is 0 Å². The number of carbonyl (C=O) groups excluding carboxylic acids is 2. The van der Waals surface area contributed by atoms with Crippen LogP contribution in [0.25, 0.3) is 0 Å². The summed E-state index contributed by atoms with van der Waals surface area (Å²) in [5, 5.41) is 19.4. The molecule has 0 aliphatic carbocycles. The van der Waals surface area contributed by atoms with Gasteiger partial charge in [-0.2, -0.15) is 5.26 Å². The number of nitrogens with one attached hydrogen (secondary N) is 2. The van der Waals surface area contributed by atoms with Crippen molar-refractivity contribution in [1.82, 2.24) is 4.98 Å². The molecule has 1 heterocycles. The van der Waals surface area contributed by atoms with Gasteiger partial charge in [0.1, 0.15) is 17.5 Å². The third-order valence-electron chi connectivity index (χ3n) is 3.50. The molecule has 0 saturated heterocycles. The van der Waals surface area contributed by atoms with E-state index in [2.05, 4.69) is 10.3 Å². The van der Waals surface area contributed by atoms with Crippen molar-refractivity contribution in [3.63, 3.8) is 0 Å². The lowest BCUT2D eigenvalue weighted by Crippen LogP contribution is -2.17. The van der Waals surface area contributed by atoms with E-state index in [9.17, 15) is 9.59 Å². The number of nitrogen functional groups attached to an aromatic ring is 1. The van der Waals surface area contributed by atoms with Crippen LogP contribution < -0.4 is 16.8 Å². The van der Waals surface area contributed by atoms with Gasteiger partial charge in [-0.1, -0.05) is 0 Å². The lowest BCUT2D eigenvalue weighted by atomic mass is 10.0. The van der Waals surface area contributed by atoms with Crippen LogP contribution in [0.3, 0.4) is 0 Å². The second kappa shape index (κ2) is 7.72. The summed E-state index contributed by atoms with van der Waals surface area (Å²) in [6.45, 7) is 1.67. The molecule has 0 atom stereocenters. The second-order valence-corrected chi connectivity index (χ2v) is 5.36. The van der Waals surface area contributed by atoms with Crippen LogP contribution in [-0.2, 0) is 4.79 Å². The van der Waals surface area contributed by atoms with Crippen LogP contribution in [0.2, 0.25) is 0 Å². The summed E-state index contributed by atoms with van der Waals surface area (Å²) in [5.74, 6) is -1.09. The standard InChI is InChI=1S/C18H16N6O2/c1-10-6-11(8-20)9-23-17(10)18(26)24-12-2-3-14(21)13(7-12)16(22)15(25)4-5-19/h2-7,9,22H,19,21H2,1H3,(H,24,26). The highest BCUT2D eigenvalue weighted by Gasteiger charge is 2.16. The number of nitrogens with zero attached hydrogens (tertiary/aromatic N) is 2. The quantitative estimate of drug-likeness (QED) is 0.364. The van der Waals surface area contributed by atoms with E-state index in [0.717, 1.165) is 12.3 Å². The molecule has 2 rings (SSSR count). The number of allylic oxidation sites excluding steroid dienone is 1. The zero-order chi connectivity index (χ0) is 19.3. The Balaban J connectivity index is 2.29. The molecule has 0 aliphatic rings. The smallest absolute Gasteiger partial charge is 0.274 e. The molecule has 0 bridgehead atoms. The Morgan fingerprint density at radius 3 is 2.69 bits per heavy atom. The van der Waals surface area contributed by atoms with E-state index in [1.807, 2.05) is 6.07 Å². The van der Waals surface area contributed by atoms with Crippen LogP contribution in [0.1, 0.15) is 27.2 Å². The fourth-order valence-corrected chi connectivity index (χ4v) is 2.22. The Morgan fingerprint density at radius 1 is 1.35 bits per heavy atom. The minimum atomic E-state index is -0.604. The molecular weight excluding hydrogens is 332 g/mol. The van der Waals surface area contributed by atoms with Crippen molar-refractivity contribution in [3.05, 3.63) is 65.1 Å². The number of nitriles is 1. The predicted octanol–water partition coefficient (Wildman–Crippen LogP) is 1.51. The number of aromatic nitrogens is 1. The number of pyridine rings is 1. The summed E-state index contributed by atoms with van der Waals surface area (Å²) in [7, 11) is 0. The summed E-state index contributed by atoms with van der Waals surface area (Å²) < 4.78 is 0. The van der Waals surface area contributed by atoms with E-state index in [1.165, 1.54) is 18.3 Å². The summed E-state index contributed by atoms with van der Waals surface area (Å²) in [6, 6.07) is 7.97. The summed E-state index contributed by atoms with van der Waals surface area (Å²) in [5.41, 5.74) is 12.5. The van der Waals surface area contributed by atoms with E-state index in [1.54, 1.807) is 19.1 Å². The minimum Gasteiger partial charge on any atom is -0.404 e. The topological polar surface area (TPSA) is 159 Å². The number of ketones is 1. The van der Waals surface area contributed by atoms with Crippen LogP contribution >= 0.6 is 0 Å². The Kier molecular flexibility index (Phi) is 5.45. The number of nitrogens with two attached hydrogens (primary N) is 2. The maximum Gasteiger partial charge on any atom is 0.274 e. The highest BCUT2D eigenvalue weighted by Crippen LogP contribution is 2.20. The third-order valence-corrected chi connectivity index (χ3v) is 3.50. The normalized spacial score (nSPS) is 10.3. The van der Waals surface area contributed by atoms with E-state index in [0.29, 0.717) is 16.8 Å². The molecule has 8 nitrogen and oxygen atoms in total. The fourth-order valence-electron chi connectivity index (χ4n) is 2.22. The highest BCUT2D eigenvalue weighted by molar-refractivity contribution is 6.49. The molecule has 0 saturated carbocycles. The molecule has 0 unspecified atom stereocenters. The molecule has 6 N–H and O–H groups in total. The third kappa shape index (κ3) is 3.91. The molecule has 8 heteroatoms. The average Bonchev–Trinajstić information content (AvgIpc) is 2.62. The molecule has 0 aliphatic heterocycles. The van der Waals surface area contributed by atoms with Crippen molar-refractivity contribution in [2.75, 3.05) is 11.1 Å². The van der Waals surface area contributed by atoms with Crippen molar-refractivity contribution in [2.45, 2.75) is 6.92 Å². The van der Waals surface area contributed by atoms with E-state index < -0.39 is 11.7 Å². The van der Waals surface area contributed by atoms with Gasteiger partial charge in [-0.25, -0.2) is 4.98 Å². The number of aryl methyl sites for hydroxylation is 1. The largest absolute Gasteiger partial charge is 0.404 e. The predicted molar refractivity (Wildman–Crippen MR) is 97.7 cm³/mol. The molecule has 1 amide bonds. The number of rotatable bonds is 5. The minimum absolute atomic E-state index is 0.166. The summed E-state index contributed by atoms with van der Waals surface area (Å²) >= 11 is 0. The number of hydrogen-bond donors (Lipinski definition) is 4. The van der Waals surface area contributed by atoms with Gasteiger partial charge in [0.2, 0.25) is 5.78 Å². The van der Waals surface area contributed by atoms with Crippen molar-refractivity contribution in [3.8, 4) is 6.07 Å². The number of anilines is 2. The van der Waals surface area contributed by atoms with Gasteiger partial charge in [0.15, 0.2) is 0 Å². The monoisotopic (exact) mass is 348 g/mol. The summed E-state index contributed by atoms with van der Waals surface area (Å²) in [4.78, 5) is 28.2. The Bertz CT molecular complexity index is 972. The van der Waals surface area contributed by atoms with Gasteiger partial charge in [-0.3, -0.25) is 15.0 Å². The Labute approximate surface area is 149 Å². The van der Waals surface area contributed by atoms with Gasteiger partial charge >= 0.3 is 0 Å². The van der Waals surface area contributed by atoms with Crippen LogP contribution in [0.4, 0.5) is 11.4 Å². The Morgan fingerprint density at radius 2 is 2.08 bits per heavy atom. The highest BCUT2D eigenvalue weighted by atomic mass is 16.2. The first-order valence-corrected chi connectivity index (χ1v) is 7.46. The zero-order valence-electron chi connectivity index (χ0n) is 13.9. The molecule has 0 spiro atoms. The molecular formula is C18H16N6O2. The molecule has 26 heavy (non-hydrogen) atoms. The first-order valence-electron chi connectivity index (χ1n) is 7.46. The second-order valence-electron chi connectivity index (χ2n) is 5.36. The van der Waals surface area contributed by atoms with Crippen LogP contribution in [-0.4, -0.2) is 22.4 Å². The maximum atomic E-state index is 12.4. The molecule has 0 radical (unpaired) electrons. The zero-order valence-corrected chi connectivity index (χ0v) is 13.9. The van der Waals surface area contributed by atoms with Gasteiger partial charge in [-0.05, 0) is 43.0 Å². The molecule has 130 valence electrons. The SMILES string of the molecule is Cc1cc(C#N)cnc1C(=O)Nc1ccc(N)c(C(=N)C(=O)C=CN)c1. The first kappa shape index (κ1) is 18.4. The number of amides is 1. The van der Waals surface area contributed by atoms with Crippen LogP contribution in [0, 0.1) is 23.7 Å². The maximum absolute atomic E-state index is 12.4. The van der Waals surface area contributed by atoms with Gasteiger partial charge < -0.3 is 16.8 Å². The average molecular weight is 348 g/mol. The summed E-state index contributed by atoms with van der Waals surface area (Å²) in [6.07, 6.45) is 3.40. The molecule has 0 fully saturated rings. The number of carbonyl (C=O) groups is 2. The van der Waals surface area contributed by atoms with E-state index >= 15 is 0 Å². The van der Waals surface area contributed by atoms with Crippen molar-refractivity contribution < 1.29 is 9.59 Å². The van der Waals surface area contributed by atoms with Crippen molar-refractivity contribution in [1.29, 1.82) is 10.7 Å². The van der Waals surface area contributed by atoms with Gasteiger partial charge in [0, 0.05) is 29.2 Å². The van der Waals surface area contributed by atoms with E-state index in [-0.39, 0.29) is 22.7 Å². The van der Waals surface area contributed by atoms with Crippen LogP contribution in [0.15, 0.2) is 42.7 Å². The van der Waals surface area contributed by atoms with Gasteiger partial charge in [0.25, 0.3) is 5.91 Å². The van der Waals surface area contributed by atoms with Crippen molar-refractivity contribution in [2.24, 2.45) is 5.73 Å².